The van der Waals surface area contributed by atoms with Crippen LogP contribution in [0.5, 0.6) is 5.75 Å². The average molecular weight is 523 g/mol. The smallest absolute Gasteiger partial charge is 0.138 e. The van der Waals surface area contributed by atoms with Crippen LogP contribution in [0.25, 0.3) is 44.5 Å². The van der Waals surface area contributed by atoms with Crippen LogP contribution in [0.3, 0.4) is 0 Å². The van der Waals surface area contributed by atoms with Gasteiger partial charge in [0.1, 0.15) is 18.1 Å². The number of anilines is 1. The van der Waals surface area contributed by atoms with E-state index in [0.29, 0.717) is 6.61 Å². The number of aromatic nitrogens is 5. The van der Waals surface area contributed by atoms with E-state index in [4.69, 9.17) is 9.72 Å². The van der Waals surface area contributed by atoms with E-state index in [1.54, 1.807) is 6.20 Å². The number of rotatable bonds is 7. The molecule has 2 aliphatic heterocycles. The van der Waals surface area contributed by atoms with Crippen molar-refractivity contribution in [2.24, 2.45) is 0 Å². The number of aromatic amines is 2. The number of nitrogens with zero attached hydrogens (tertiary/aromatic N) is 6. The Bertz CT molecular complexity index is 1590. The zero-order valence-corrected chi connectivity index (χ0v) is 22.4. The molecule has 0 bridgehead atoms. The minimum atomic E-state index is 0.667. The van der Waals surface area contributed by atoms with Crippen LogP contribution >= 0.6 is 0 Å². The molecule has 9 heteroatoms. The molecular weight excluding hydrogens is 488 g/mol. The fourth-order valence-electron chi connectivity index (χ4n) is 5.81. The molecule has 4 aromatic heterocycles. The number of hydrogen-bond donors (Lipinski definition) is 2. The lowest BCUT2D eigenvalue weighted by Crippen LogP contribution is -2.44. The molecule has 0 atom stereocenters. The van der Waals surface area contributed by atoms with Gasteiger partial charge in [0.2, 0.25) is 0 Å². The summed E-state index contributed by atoms with van der Waals surface area (Å²) in [5.74, 6) is 0.771. The first kappa shape index (κ1) is 24.1. The average Bonchev–Trinajstić information content (AvgIpc) is 3.73. The molecule has 0 aliphatic carbocycles. The quantitative estimate of drug-likeness (QED) is 0.328. The number of H-pyrrole nitrogens is 2. The summed E-state index contributed by atoms with van der Waals surface area (Å²) in [5, 5.41) is 10.1. The Morgan fingerprint density at radius 2 is 1.77 bits per heavy atom. The molecule has 1 aromatic carbocycles. The van der Waals surface area contributed by atoms with E-state index in [-0.39, 0.29) is 0 Å². The van der Waals surface area contributed by atoms with Crippen molar-refractivity contribution < 1.29 is 4.74 Å². The standard InChI is InChI=1S/C30H34N8O/c1-36-9-11-38(12-10-36)29-6-4-5-25-23(29)16-27(33-25)30-24-17-26(32-20-28(24)34-35-30)21-15-22(19-31-18-21)39-14-13-37-7-2-3-8-37/h4-6,15-20,33H,2-3,7-14H2,1H3,(H,34,35). The highest BCUT2D eigenvalue weighted by molar-refractivity contribution is 6.00. The van der Waals surface area contributed by atoms with Crippen LogP contribution in [0.15, 0.2) is 55.0 Å². The normalized spacial score (nSPS) is 17.0. The summed E-state index contributed by atoms with van der Waals surface area (Å²) in [5.41, 5.74) is 6.95. The number of piperazine rings is 1. The van der Waals surface area contributed by atoms with Crippen LogP contribution in [-0.2, 0) is 0 Å². The highest BCUT2D eigenvalue weighted by Crippen LogP contribution is 2.34. The molecule has 0 amide bonds. The van der Waals surface area contributed by atoms with Crippen molar-refractivity contribution in [2.45, 2.75) is 12.8 Å². The zero-order valence-electron chi connectivity index (χ0n) is 22.4. The molecule has 2 N–H and O–H groups in total. The molecule has 39 heavy (non-hydrogen) atoms. The van der Waals surface area contributed by atoms with Gasteiger partial charge in [-0.3, -0.25) is 20.0 Å². The van der Waals surface area contributed by atoms with Gasteiger partial charge in [0.15, 0.2) is 0 Å². The lowest BCUT2D eigenvalue weighted by atomic mass is 10.1. The summed E-state index contributed by atoms with van der Waals surface area (Å²) in [6, 6.07) is 12.8. The van der Waals surface area contributed by atoms with Crippen molar-refractivity contribution in [1.82, 2.24) is 34.9 Å². The molecule has 0 saturated carbocycles. The number of benzene rings is 1. The summed E-state index contributed by atoms with van der Waals surface area (Å²) < 4.78 is 6.03. The molecule has 5 aromatic rings. The number of ether oxygens (including phenoxy) is 1. The molecule has 2 aliphatic rings. The highest BCUT2D eigenvalue weighted by atomic mass is 16.5. The Morgan fingerprint density at radius 3 is 2.64 bits per heavy atom. The SMILES string of the molecule is CN1CCN(c2cccc3[nH]c(-c4n[nH]c5cnc(-c6cncc(OCCN7CCCC7)c6)cc45)cc23)CC1. The minimum absolute atomic E-state index is 0.667. The Labute approximate surface area is 227 Å². The lowest BCUT2D eigenvalue weighted by molar-refractivity contribution is 0.237. The minimum Gasteiger partial charge on any atom is -0.491 e. The van der Waals surface area contributed by atoms with E-state index >= 15 is 0 Å². The Morgan fingerprint density at radius 1 is 0.897 bits per heavy atom. The predicted molar refractivity (Wildman–Crippen MR) is 155 cm³/mol. The number of likely N-dealkylation sites (tertiary alicyclic amines) is 1. The van der Waals surface area contributed by atoms with Gasteiger partial charge >= 0.3 is 0 Å². The summed E-state index contributed by atoms with van der Waals surface area (Å²) in [6.45, 7) is 8.18. The maximum Gasteiger partial charge on any atom is 0.138 e. The number of hydrogen-bond acceptors (Lipinski definition) is 7. The maximum absolute atomic E-state index is 6.03. The van der Waals surface area contributed by atoms with Crippen LogP contribution in [0.4, 0.5) is 5.69 Å². The van der Waals surface area contributed by atoms with Gasteiger partial charge < -0.3 is 19.5 Å². The molecule has 2 fully saturated rings. The first-order valence-electron chi connectivity index (χ1n) is 13.9. The van der Waals surface area contributed by atoms with Crippen LogP contribution in [0.1, 0.15) is 12.8 Å². The Hall–Kier alpha value is -3.95. The molecule has 6 heterocycles. The summed E-state index contributed by atoms with van der Waals surface area (Å²) in [6.07, 6.45) is 8.04. The summed E-state index contributed by atoms with van der Waals surface area (Å²) >= 11 is 0. The van der Waals surface area contributed by atoms with Gasteiger partial charge in [0.05, 0.1) is 29.3 Å². The second kappa shape index (κ2) is 10.3. The topological polar surface area (TPSA) is 89.2 Å². The molecule has 0 spiro atoms. The van der Waals surface area contributed by atoms with E-state index < -0.39 is 0 Å². The van der Waals surface area contributed by atoms with E-state index in [1.807, 2.05) is 18.5 Å². The molecule has 9 nitrogen and oxygen atoms in total. The van der Waals surface area contributed by atoms with Crippen molar-refractivity contribution >= 4 is 27.5 Å². The van der Waals surface area contributed by atoms with E-state index in [0.717, 1.165) is 77.5 Å². The van der Waals surface area contributed by atoms with Crippen molar-refractivity contribution in [3.05, 3.63) is 55.0 Å². The van der Waals surface area contributed by atoms with Gasteiger partial charge in [-0.05, 0) is 63.3 Å². The van der Waals surface area contributed by atoms with Crippen LogP contribution in [0.2, 0.25) is 0 Å². The Balaban J connectivity index is 1.17. The third kappa shape index (κ3) is 4.84. The molecule has 200 valence electrons. The van der Waals surface area contributed by atoms with Crippen molar-refractivity contribution in [3.8, 4) is 28.4 Å². The van der Waals surface area contributed by atoms with Gasteiger partial charge in [-0.25, -0.2) is 0 Å². The zero-order chi connectivity index (χ0) is 26.2. The maximum atomic E-state index is 6.03. The van der Waals surface area contributed by atoms with E-state index in [9.17, 15) is 0 Å². The van der Waals surface area contributed by atoms with Crippen molar-refractivity contribution in [3.63, 3.8) is 0 Å². The lowest BCUT2D eigenvalue weighted by Gasteiger charge is -2.34. The molecule has 0 unspecified atom stereocenters. The fourth-order valence-corrected chi connectivity index (χ4v) is 5.81. The Kier molecular flexibility index (Phi) is 6.38. The van der Waals surface area contributed by atoms with E-state index in [1.165, 1.54) is 37.0 Å². The second-order valence-electron chi connectivity index (χ2n) is 10.7. The number of fused-ring (bicyclic) bond motifs is 2. The van der Waals surface area contributed by atoms with Crippen LogP contribution in [0, 0.1) is 0 Å². The third-order valence-corrected chi connectivity index (χ3v) is 8.07. The highest BCUT2D eigenvalue weighted by Gasteiger charge is 2.19. The van der Waals surface area contributed by atoms with Gasteiger partial charge in [0, 0.05) is 66.5 Å². The summed E-state index contributed by atoms with van der Waals surface area (Å²) in [7, 11) is 2.19. The fraction of sp³-hybridized carbons (Fsp3) is 0.367. The molecule has 0 radical (unpaired) electrons. The molecular formula is C30H34N8O. The van der Waals surface area contributed by atoms with Gasteiger partial charge in [-0.1, -0.05) is 6.07 Å². The first-order valence-corrected chi connectivity index (χ1v) is 13.9. The van der Waals surface area contributed by atoms with Gasteiger partial charge in [-0.2, -0.15) is 5.10 Å². The number of nitrogens with one attached hydrogen (secondary N) is 2. The van der Waals surface area contributed by atoms with Crippen LogP contribution in [-0.4, -0.2) is 94.4 Å². The number of pyridine rings is 2. The number of likely N-dealkylation sites (N-methyl/N-ethyl adjacent to an activating group) is 1. The first-order chi connectivity index (χ1) is 19.2. The van der Waals surface area contributed by atoms with Gasteiger partial charge in [-0.15, -0.1) is 0 Å². The monoisotopic (exact) mass is 522 g/mol. The third-order valence-electron chi connectivity index (χ3n) is 8.07. The molecule has 7 rings (SSSR count). The van der Waals surface area contributed by atoms with E-state index in [2.05, 4.69) is 72.2 Å². The van der Waals surface area contributed by atoms with Crippen LogP contribution < -0.4 is 9.64 Å². The van der Waals surface area contributed by atoms with Crippen molar-refractivity contribution in [2.75, 3.05) is 64.4 Å². The van der Waals surface area contributed by atoms with Crippen molar-refractivity contribution in [1.29, 1.82) is 0 Å². The predicted octanol–water partition coefficient (Wildman–Crippen LogP) is 4.39. The second-order valence-corrected chi connectivity index (χ2v) is 10.7. The summed E-state index contributed by atoms with van der Waals surface area (Å²) in [4.78, 5) is 20.1. The van der Waals surface area contributed by atoms with Gasteiger partial charge in [0.25, 0.3) is 0 Å². The molecule has 2 saturated heterocycles. The largest absolute Gasteiger partial charge is 0.491 e.